The highest BCUT2D eigenvalue weighted by atomic mass is 16.6. The number of esters is 1. The molecule has 1 aliphatic rings. The van der Waals surface area contributed by atoms with Gasteiger partial charge in [-0.1, -0.05) is 36.4 Å². The molecule has 7 nitrogen and oxygen atoms in total. The number of carbonyl (C=O) groups is 2. The summed E-state index contributed by atoms with van der Waals surface area (Å²) >= 11 is 0. The van der Waals surface area contributed by atoms with Crippen LogP contribution in [0.25, 0.3) is 0 Å². The maximum atomic E-state index is 12.6. The number of amides is 1. The monoisotopic (exact) mass is 370 g/mol. The Labute approximate surface area is 157 Å². The standard InChI is InChI=1S/C20H22N2O5/c1-26-19(24)16-8-7-15(11-18(16)23)17-12-21-9-10-22(17)20(25)27-13-14-5-3-2-4-6-14/h2-8,11,17,21,23H,9-10,12-13H2,1H3. The maximum absolute atomic E-state index is 12.6. The van der Waals surface area contributed by atoms with Gasteiger partial charge in [0, 0.05) is 19.6 Å². The smallest absolute Gasteiger partial charge is 0.410 e. The summed E-state index contributed by atoms with van der Waals surface area (Å²) in [5, 5.41) is 13.4. The lowest BCUT2D eigenvalue weighted by molar-refractivity contribution is 0.0596. The van der Waals surface area contributed by atoms with Gasteiger partial charge in [0.1, 0.15) is 17.9 Å². The first-order valence-electron chi connectivity index (χ1n) is 8.69. The molecule has 1 heterocycles. The van der Waals surface area contributed by atoms with Crippen molar-refractivity contribution in [2.45, 2.75) is 12.6 Å². The maximum Gasteiger partial charge on any atom is 0.410 e. The number of benzene rings is 2. The summed E-state index contributed by atoms with van der Waals surface area (Å²) in [5.41, 5.74) is 1.71. The van der Waals surface area contributed by atoms with Gasteiger partial charge in [0.2, 0.25) is 0 Å². The second-order valence-electron chi connectivity index (χ2n) is 6.22. The minimum atomic E-state index is -0.611. The molecule has 1 amide bonds. The van der Waals surface area contributed by atoms with Crippen molar-refractivity contribution in [1.29, 1.82) is 0 Å². The van der Waals surface area contributed by atoms with E-state index in [1.807, 2.05) is 30.3 Å². The molecule has 142 valence electrons. The summed E-state index contributed by atoms with van der Waals surface area (Å²) < 4.78 is 10.1. The molecule has 7 heteroatoms. The van der Waals surface area contributed by atoms with Crippen molar-refractivity contribution in [1.82, 2.24) is 10.2 Å². The van der Waals surface area contributed by atoms with E-state index in [0.29, 0.717) is 25.2 Å². The molecule has 0 radical (unpaired) electrons. The molecular weight excluding hydrogens is 348 g/mol. The Kier molecular flexibility index (Phi) is 5.93. The number of phenolic OH excluding ortho intramolecular Hbond substituents is 1. The molecule has 1 fully saturated rings. The van der Waals surface area contributed by atoms with E-state index in [-0.39, 0.29) is 24.0 Å². The van der Waals surface area contributed by atoms with Gasteiger partial charge >= 0.3 is 12.1 Å². The molecular formula is C20H22N2O5. The highest BCUT2D eigenvalue weighted by Crippen LogP contribution is 2.28. The predicted octanol–water partition coefficient (Wildman–Crippen LogP) is 2.46. The zero-order chi connectivity index (χ0) is 19.2. The molecule has 0 aromatic heterocycles. The molecule has 0 spiro atoms. The molecule has 0 aliphatic carbocycles. The van der Waals surface area contributed by atoms with E-state index >= 15 is 0 Å². The van der Waals surface area contributed by atoms with Crippen LogP contribution in [0.2, 0.25) is 0 Å². The Morgan fingerprint density at radius 3 is 2.70 bits per heavy atom. The first-order valence-corrected chi connectivity index (χ1v) is 8.69. The molecule has 3 rings (SSSR count). The van der Waals surface area contributed by atoms with Gasteiger partial charge in [-0.25, -0.2) is 9.59 Å². The van der Waals surface area contributed by atoms with Crippen LogP contribution in [0.4, 0.5) is 4.79 Å². The van der Waals surface area contributed by atoms with Crippen LogP contribution in [0.15, 0.2) is 48.5 Å². The summed E-state index contributed by atoms with van der Waals surface area (Å²) in [6, 6.07) is 13.9. The van der Waals surface area contributed by atoms with Crippen LogP contribution in [0, 0.1) is 0 Å². The minimum absolute atomic E-state index is 0.0863. The number of hydrogen-bond donors (Lipinski definition) is 2. The highest BCUT2D eigenvalue weighted by Gasteiger charge is 2.30. The van der Waals surface area contributed by atoms with Gasteiger partial charge in [0.25, 0.3) is 0 Å². The number of piperazine rings is 1. The number of methoxy groups -OCH3 is 1. The van der Waals surface area contributed by atoms with Gasteiger partial charge in [0.05, 0.1) is 13.2 Å². The van der Waals surface area contributed by atoms with E-state index in [9.17, 15) is 14.7 Å². The molecule has 1 atom stereocenters. The Morgan fingerprint density at radius 2 is 2.00 bits per heavy atom. The number of nitrogens with one attached hydrogen (secondary N) is 1. The second kappa shape index (κ2) is 8.55. The number of nitrogens with zero attached hydrogens (tertiary/aromatic N) is 1. The predicted molar refractivity (Wildman–Crippen MR) is 98.4 cm³/mol. The fraction of sp³-hybridized carbons (Fsp3) is 0.300. The molecule has 1 unspecified atom stereocenters. The van der Waals surface area contributed by atoms with Crippen LogP contribution in [0.3, 0.4) is 0 Å². The zero-order valence-electron chi connectivity index (χ0n) is 15.1. The summed E-state index contributed by atoms with van der Waals surface area (Å²) in [6.07, 6.45) is -0.415. The number of rotatable bonds is 4. The van der Waals surface area contributed by atoms with E-state index in [2.05, 4.69) is 10.1 Å². The number of phenols is 1. The first-order chi connectivity index (χ1) is 13.1. The third kappa shape index (κ3) is 4.38. The molecule has 0 saturated carbocycles. The Hall–Kier alpha value is -3.06. The fourth-order valence-electron chi connectivity index (χ4n) is 3.06. The van der Waals surface area contributed by atoms with Crippen LogP contribution in [-0.4, -0.2) is 48.8 Å². The van der Waals surface area contributed by atoms with Gasteiger partial charge in [-0.2, -0.15) is 0 Å². The minimum Gasteiger partial charge on any atom is -0.507 e. The van der Waals surface area contributed by atoms with E-state index in [1.54, 1.807) is 11.0 Å². The van der Waals surface area contributed by atoms with Gasteiger partial charge in [-0.15, -0.1) is 0 Å². The summed E-state index contributed by atoms with van der Waals surface area (Å²) in [6.45, 7) is 1.86. The Morgan fingerprint density at radius 1 is 1.22 bits per heavy atom. The molecule has 2 aromatic rings. The molecule has 2 aromatic carbocycles. The summed E-state index contributed by atoms with van der Waals surface area (Å²) in [4.78, 5) is 25.9. The van der Waals surface area contributed by atoms with E-state index in [1.165, 1.54) is 19.2 Å². The van der Waals surface area contributed by atoms with Crippen LogP contribution < -0.4 is 5.32 Å². The number of aromatic hydroxyl groups is 1. The third-order valence-electron chi connectivity index (χ3n) is 4.49. The van der Waals surface area contributed by atoms with Gasteiger partial charge in [0.15, 0.2) is 0 Å². The van der Waals surface area contributed by atoms with Crippen molar-refractivity contribution < 1.29 is 24.2 Å². The van der Waals surface area contributed by atoms with Crippen molar-refractivity contribution in [3.63, 3.8) is 0 Å². The van der Waals surface area contributed by atoms with E-state index in [0.717, 1.165) is 5.56 Å². The average Bonchev–Trinajstić information content (AvgIpc) is 2.72. The van der Waals surface area contributed by atoms with Gasteiger partial charge in [-0.3, -0.25) is 4.90 Å². The van der Waals surface area contributed by atoms with Crippen molar-refractivity contribution in [3.8, 4) is 5.75 Å². The quantitative estimate of drug-likeness (QED) is 0.804. The molecule has 1 saturated heterocycles. The second-order valence-corrected chi connectivity index (χ2v) is 6.22. The van der Waals surface area contributed by atoms with Gasteiger partial charge < -0.3 is 19.9 Å². The lowest BCUT2D eigenvalue weighted by atomic mass is 10.0. The summed E-state index contributed by atoms with van der Waals surface area (Å²) in [7, 11) is 1.26. The molecule has 1 aliphatic heterocycles. The van der Waals surface area contributed by atoms with Gasteiger partial charge in [-0.05, 0) is 23.3 Å². The van der Waals surface area contributed by atoms with E-state index < -0.39 is 12.1 Å². The summed E-state index contributed by atoms with van der Waals surface area (Å²) in [5.74, 6) is -0.789. The third-order valence-corrected chi connectivity index (χ3v) is 4.49. The lowest BCUT2D eigenvalue weighted by Crippen LogP contribution is -2.48. The van der Waals surface area contributed by atoms with Crippen molar-refractivity contribution in [2.24, 2.45) is 0 Å². The highest BCUT2D eigenvalue weighted by molar-refractivity contribution is 5.92. The SMILES string of the molecule is COC(=O)c1ccc(C2CNCCN2C(=O)OCc2ccccc2)cc1O. The van der Waals surface area contributed by atoms with Crippen LogP contribution >= 0.6 is 0 Å². The molecule has 0 bridgehead atoms. The molecule has 2 N–H and O–H groups in total. The number of hydrogen-bond acceptors (Lipinski definition) is 6. The van der Waals surface area contributed by atoms with E-state index in [4.69, 9.17) is 4.74 Å². The van der Waals surface area contributed by atoms with Crippen molar-refractivity contribution in [3.05, 3.63) is 65.2 Å². The molecule has 27 heavy (non-hydrogen) atoms. The zero-order valence-corrected chi connectivity index (χ0v) is 15.1. The Bertz CT molecular complexity index is 809. The number of carbonyl (C=O) groups excluding carboxylic acids is 2. The normalized spacial score (nSPS) is 16.6. The van der Waals surface area contributed by atoms with Crippen molar-refractivity contribution in [2.75, 3.05) is 26.7 Å². The van der Waals surface area contributed by atoms with Crippen LogP contribution in [0.1, 0.15) is 27.5 Å². The first kappa shape index (κ1) is 18.7. The van der Waals surface area contributed by atoms with Crippen molar-refractivity contribution >= 4 is 12.1 Å². The fourth-order valence-corrected chi connectivity index (χ4v) is 3.06. The topological polar surface area (TPSA) is 88.1 Å². The van der Waals surface area contributed by atoms with Crippen LogP contribution in [-0.2, 0) is 16.1 Å². The van der Waals surface area contributed by atoms with Crippen LogP contribution in [0.5, 0.6) is 5.75 Å². The number of ether oxygens (including phenoxy) is 2. The Balaban J connectivity index is 1.74. The average molecular weight is 370 g/mol. The lowest BCUT2D eigenvalue weighted by Gasteiger charge is -2.35. The largest absolute Gasteiger partial charge is 0.507 e.